The van der Waals surface area contributed by atoms with Gasteiger partial charge in [-0.3, -0.25) is 9.89 Å². The van der Waals surface area contributed by atoms with Crippen LogP contribution < -0.4 is 11.1 Å². The monoisotopic (exact) mass is 398 g/mol. The molecule has 0 amide bonds. The molecule has 1 unspecified atom stereocenters. The first-order valence-corrected chi connectivity index (χ1v) is 7.82. The Hall–Kier alpha value is -0.0400. The zero-order chi connectivity index (χ0) is 14.7. The van der Waals surface area contributed by atoms with E-state index in [0.717, 1.165) is 32.6 Å². The van der Waals surface area contributed by atoms with Crippen molar-refractivity contribution in [1.82, 2.24) is 10.2 Å². The number of likely N-dealkylation sites (N-methyl/N-ethyl adjacent to an activating group) is 1. The lowest BCUT2D eigenvalue weighted by molar-refractivity contribution is 0.196. The molecule has 0 radical (unpaired) electrons. The summed E-state index contributed by atoms with van der Waals surface area (Å²) in [4.78, 5) is 6.98. The molecule has 0 heterocycles. The van der Waals surface area contributed by atoms with E-state index in [4.69, 9.17) is 5.73 Å². The second-order valence-electron chi connectivity index (χ2n) is 5.51. The maximum atomic E-state index is 5.90. The van der Waals surface area contributed by atoms with Crippen LogP contribution in [0.4, 0.5) is 0 Å². The van der Waals surface area contributed by atoms with Crippen LogP contribution in [0, 0.1) is 5.92 Å². The number of nitrogens with two attached hydrogens (primary N) is 1. The summed E-state index contributed by atoms with van der Waals surface area (Å²) in [6.07, 6.45) is 3.49. The fraction of sp³-hybridized carbons (Fsp3) is 0.933. The molecule has 0 aliphatic heterocycles. The molecule has 0 spiro atoms. The summed E-state index contributed by atoms with van der Waals surface area (Å²) >= 11 is 0. The number of halogens is 1. The van der Waals surface area contributed by atoms with Crippen molar-refractivity contribution in [3.05, 3.63) is 0 Å². The lowest BCUT2D eigenvalue weighted by Gasteiger charge is -2.29. The predicted octanol–water partition coefficient (Wildman–Crippen LogP) is 3.07. The summed E-state index contributed by atoms with van der Waals surface area (Å²) in [6.45, 7) is 15.0. The third kappa shape index (κ3) is 10.7. The summed E-state index contributed by atoms with van der Waals surface area (Å²) in [5.41, 5.74) is 5.90. The molecule has 0 aromatic heterocycles. The fourth-order valence-electron chi connectivity index (χ4n) is 2.28. The summed E-state index contributed by atoms with van der Waals surface area (Å²) < 4.78 is 0. The molecule has 0 aromatic carbocycles. The molecule has 0 fully saturated rings. The summed E-state index contributed by atoms with van der Waals surface area (Å²) in [5.74, 6) is 1.28. The van der Waals surface area contributed by atoms with Crippen molar-refractivity contribution in [1.29, 1.82) is 0 Å². The highest BCUT2D eigenvalue weighted by atomic mass is 127. The Bertz CT molecular complexity index is 240. The van der Waals surface area contributed by atoms with Gasteiger partial charge in [-0.15, -0.1) is 24.0 Å². The van der Waals surface area contributed by atoms with Crippen molar-refractivity contribution in [2.24, 2.45) is 16.6 Å². The molecule has 0 aliphatic carbocycles. The van der Waals surface area contributed by atoms with Crippen LogP contribution in [0.5, 0.6) is 0 Å². The lowest BCUT2D eigenvalue weighted by Crippen LogP contribution is -2.40. The Morgan fingerprint density at radius 1 is 1.20 bits per heavy atom. The van der Waals surface area contributed by atoms with E-state index < -0.39 is 0 Å². The number of unbranched alkanes of at least 4 members (excludes halogenated alkanes) is 1. The van der Waals surface area contributed by atoms with E-state index in [1.54, 1.807) is 0 Å². The summed E-state index contributed by atoms with van der Waals surface area (Å²) in [5, 5.41) is 3.18. The van der Waals surface area contributed by atoms with Crippen molar-refractivity contribution in [3.63, 3.8) is 0 Å². The van der Waals surface area contributed by atoms with E-state index in [2.05, 4.69) is 49.8 Å². The second-order valence-corrected chi connectivity index (χ2v) is 5.51. The van der Waals surface area contributed by atoms with Crippen LogP contribution in [0.1, 0.15) is 53.9 Å². The van der Waals surface area contributed by atoms with Crippen LogP contribution in [0.2, 0.25) is 0 Å². The zero-order valence-corrected chi connectivity index (χ0v) is 16.3. The van der Waals surface area contributed by atoms with Crippen molar-refractivity contribution in [3.8, 4) is 0 Å². The number of hydrogen-bond acceptors (Lipinski definition) is 2. The molecule has 0 saturated carbocycles. The van der Waals surface area contributed by atoms with Gasteiger partial charge in [-0.2, -0.15) is 0 Å². The van der Waals surface area contributed by atoms with Crippen LogP contribution in [-0.2, 0) is 0 Å². The molecule has 5 heteroatoms. The molecular formula is C15H35IN4. The Labute approximate surface area is 143 Å². The van der Waals surface area contributed by atoms with Crippen LogP contribution in [0.15, 0.2) is 4.99 Å². The third-order valence-electron chi connectivity index (χ3n) is 3.38. The van der Waals surface area contributed by atoms with E-state index in [9.17, 15) is 0 Å². The highest BCUT2D eigenvalue weighted by Gasteiger charge is 2.16. The normalized spacial score (nSPS) is 13.4. The Balaban J connectivity index is 0. The topological polar surface area (TPSA) is 53.6 Å². The number of guanidine groups is 1. The zero-order valence-electron chi connectivity index (χ0n) is 14.0. The number of nitrogens with one attached hydrogen (secondary N) is 1. The molecule has 3 N–H and O–H groups in total. The highest BCUT2D eigenvalue weighted by Crippen LogP contribution is 2.11. The first kappa shape index (κ1) is 22.2. The first-order valence-electron chi connectivity index (χ1n) is 7.82. The van der Waals surface area contributed by atoms with Crippen LogP contribution in [-0.4, -0.2) is 43.1 Å². The second kappa shape index (κ2) is 13.9. The van der Waals surface area contributed by atoms with Gasteiger partial charge in [0.2, 0.25) is 0 Å². The maximum Gasteiger partial charge on any atom is 0.188 e. The third-order valence-corrected chi connectivity index (χ3v) is 3.38. The standard InChI is InChI=1S/C15H34N4.HI/c1-6-9-10-17-15(16)18-12-14(11-13(4)5)19(7-2)8-3;/h13-14H,6-12H2,1-5H3,(H3,16,17,18);1H. The van der Waals surface area contributed by atoms with Gasteiger partial charge in [-0.1, -0.05) is 41.0 Å². The van der Waals surface area contributed by atoms with Crippen molar-refractivity contribution in [2.75, 3.05) is 26.2 Å². The highest BCUT2D eigenvalue weighted by molar-refractivity contribution is 14.0. The average molecular weight is 398 g/mol. The SMILES string of the molecule is CCCCNC(N)=NCC(CC(C)C)N(CC)CC.I. The molecule has 0 aromatic rings. The van der Waals surface area contributed by atoms with Gasteiger partial charge in [0.25, 0.3) is 0 Å². The van der Waals surface area contributed by atoms with Gasteiger partial charge in [0.15, 0.2) is 5.96 Å². The molecule has 0 saturated heterocycles. The van der Waals surface area contributed by atoms with E-state index >= 15 is 0 Å². The smallest absolute Gasteiger partial charge is 0.188 e. The minimum Gasteiger partial charge on any atom is -0.370 e. The molecule has 0 aliphatic rings. The Morgan fingerprint density at radius 3 is 2.25 bits per heavy atom. The van der Waals surface area contributed by atoms with Crippen LogP contribution in [0.3, 0.4) is 0 Å². The first-order chi connectivity index (χ1) is 9.04. The Kier molecular flexibility index (Phi) is 15.5. The van der Waals surface area contributed by atoms with Crippen molar-refractivity contribution in [2.45, 2.75) is 59.9 Å². The van der Waals surface area contributed by atoms with Crippen LogP contribution in [0.25, 0.3) is 0 Å². The molecule has 0 bridgehead atoms. The van der Waals surface area contributed by atoms with Gasteiger partial charge in [0.05, 0.1) is 6.54 Å². The Morgan fingerprint density at radius 2 is 1.80 bits per heavy atom. The molecule has 122 valence electrons. The number of rotatable bonds is 10. The van der Waals surface area contributed by atoms with E-state index in [0.29, 0.717) is 17.9 Å². The van der Waals surface area contributed by atoms with Gasteiger partial charge in [-0.25, -0.2) is 0 Å². The minimum atomic E-state index is 0. The van der Waals surface area contributed by atoms with E-state index in [1.165, 1.54) is 12.8 Å². The van der Waals surface area contributed by atoms with Crippen LogP contribution >= 0.6 is 24.0 Å². The lowest BCUT2D eigenvalue weighted by atomic mass is 10.0. The minimum absolute atomic E-state index is 0. The molecule has 0 rings (SSSR count). The van der Waals surface area contributed by atoms with Crippen molar-refractivity contribution >= 4 is 29.9 Å². The number of aliphatic imine (C=N–C) groups is 1. The average Bonchev–Trinajstić information content (AvgIpc) is 2.37. The summed E-state index contributed by atoms with van der Waals surface area (Å²) in [7, 11) is 0. The molecular weight excluding hydrogens is 363 g/mol. The predicted molar refractivity (Wildman–Crippen MR) is 101 cm³/mol. The van der Waals surface area contributed by atoms with Crippen molar-refractivity contribution < 1.29 is 0 Å². The molecule has 4 nitrogen and oxygen atoms in total. The quantitative estimate of drug-likeness (QED) is 0.257. The van der Waals surface area contributed by atoms with Gasteiger partial charge in [0, 0.05) is 12.6 Å². The van der Waals surface area contributed by atoms with E-state index in [1.807, 2.05) is 0 Å². The van der Waals surface area contributed by atoms with Gasteiger partial charge in [-0.05, 0) is 31.8 Å². The number of nitrogens with zero attached hydrogens (tertiary/aromatic N) is 2. The largest absolute Gasteiger partial charge is 0.370 e. The van der Waals surface area contributed by atoms with E-state index in [-0.39, 0.29) is 24.0 Å². The maximum absolute atomic E-state index is 5.90. The van der Waals surface area contributed by atoms with Gasteiger partial charge in [0.1, 0.15) is 0 Å². The summed E-state index contributed by atoms with van der Waals surface area (Å²) in [6, 6.07) is 0.501. The van der Waals surface area contributed by atoms with Gasteiger partial charge < -0.3 is 11.1 Å². The van der Waals surface area contributed by atoms with Gasteiger partial charge >= 0.3 is 0 Å². The molecule has 1 atom stereocenters. The molecule has 20 heavy (non-hydrogen) atoms. The fourth-order valence-corrected chi connectivity index (χ4v) is 2.28. The number of hydrogen-bond donors (Lipinski definition) is 2.